The van der Waals surface area contributed by atoms with Crippen LogP contribution in [-0.4, -0.2) is 62.1 Å². The van der Waals surface area contributed by atoms with E-state index < -0.39 is 27.5 Å². The standard InChI is InChI=1S/C29H45NO8S/c1-21-12-15-25(16-13-21)39(33,34)36-19-22(14-17-26(31)37-24-10-8-7-9-11-24)18-23-20-35-29(5,6)30(23)27(32)38-28(2,3)4/h12-13,15-16,22-24H,7-11,14,17-20H2,1-6H3. The summed E-state index contributed by atoms with van der Waals surface area (Å²) >= 11 is 0. The molecule has 10 heteroatoms. The fourth-order valence-electron chi connectivity index (χ4n) is 5.10. The Kier molecular flexibility index (Phi) is 10.5. The number of hydrogen-bond acceptors (Lipinski definition) is 8. The van der Waals surface area contributed by atoms with E-state index in [1.54, 1.807) is 51.7 Å². The quantitative estimate of drug-likeness (QED) is 0.260. The van der Waals surface area contributed by atoms with Gasteiger partial charge in [0.1, 0.15) is 17.4 Å². The fraction of sp³-hybridized carbons (Fsp3) is 0.724. The van der Waals surface area contributed by atoms with Gasteiger partial charge in [-0.1, -0.05) is 24.1 Å². The van der Waals surface area contributed by atoms with Crippen LogP contribution in [-0.2, 0) is 33.3 Å². The van der Waals surface area contributed by atoms with Crippen molar-refractivity contribution in [1.29, 1.82) is 0 Å². The number of carbonyl (C=O) groups is 2. The molecule has 220 valence electrons. The largest absolute Gasteiger partial charge is 0.462 e. The van der Waals surface area contributed by atoms with Gasteiger partial charge in [0, 0.05) is 6.42 Å². The third-order valence-electron chi connectivity index (χ3n) is 7.15. The van der Waals surface area contributed by atoms with Crippen molar-refractivity contribution in [2.75, 3.05) is 13.2 Å². The molecule has 0 bridgehead atoms. The molecule has 39 heavy (non-hydrogen) atoms. The van der Waals surface area contributed by atoms with Gasteiger partial charge >= 0.3 is 12.1 Å². The zero-order chi connectivity index (χ0) is 28.8. The molecule has 1 aromatic carbocycles. The monoisotopic (exact) mass is 567 g/mol. The van der Waals surface area contributed by atoms with Gasteiger partial charge in [-0.2, -0.15) is 8.42 Å². The van der Waals surface area contributed by atoms with Crippen molar-refractivity contribution in [3.63, 3.8) is 0 Å². The summed E-state index contributed by atoms with van der Waals surface area (Å²) in [5.41, 5.74) is -0.644. The highest BCUT2D eigenvalue weighted by Crippen LogP contribution is 2.34. The van der Waals surface area contributed by atoms with Gasteiger partial charge in [-0.25, -0.2) is 4.79 Å². The van der Waals surface area contributed by atoms with E-state index in [2.05, 4.69) is 0 Å². The van der Waals surface area contributed by atoms with Gasteiger partial charge in [0.05, 0.1) is 24.2 Å². The minimum Gasteiger partial charge on any atom is -0.462 e. The Hall–Kier alpha value is -2.17. The number of aryl methyl sites for hydroxylation is 1. The minimum atomic E-state index is -4.00. The Morgan fingerprint density at radius 2 is 1.74 bits per heavy atom. The molecule has 1 aliphatic carbocycles. The summed E-state index contributed by atoms with van der Waals surface area (Å²) < 4.78 is 48.5. The second-order valence-corrected chi connectivity index (χ2v) is 13.8. The van der Waals surface area contributed by atoms with Gasteiger partial charge in [0.25, 0.3) is 10.1 Å². The predicted molar refractivity (Wildman–Crippen MR) is 147 cm³/mol. The third-order valence-corrected chi connectivity index (χ3v) is 8.44. The SMILES string of the molecule is Cc1ccc(S(=O)(=O)OCC(CCC(=O)OC2CCCCC2)CC2COC(C)(C)N2C(=O)OC(C)(C)C)cc1. The van der Waals surface area contributed by atoms with Gasteiger partial charge in [-0.15, -0.1) is 0 Å². The summed E-state index contributed by atoms with van der Waals surface area (Å²) in [6.45, 7) is 11.0. The zero-order valence-corrected chi connectivity index (χ0v) is 25.1. The summed E-state index contributed by atoms with van der Waals surface area (Å²) in [5.74, 6) is -0.642. The first kappa shape index (κ1) is 31.4. The van der Waals surface area contributed by atoms with Crippen LogP contribution < -0.4 is 0 Å². The van der Waals surface area contributed by atoms with E-state index in [9.17, 15) is 18.0 Å². The Morgan fingerprint density at radius 1 is 1.10 bits per heavy atom. The third kappa shape index (κ3) is 9.46. The molecule has 0 spiro atoms. The number of benzene rings is 1. The molecule has 3 rings (SSSR count). The molecular formula is C29H45NO8S. The number of carbonyl (C=O) groups excluding carboxylic acids is 2. The maximum Gasteiger partial charge on any atom is 0.412 e. The fourth-order valence-corrected chi connectivity index (χ4v) is 6.08. The van der Waals surface area contributed by atoms with Gasteiger partial charge in [-0.3, -0.25) is 13.9 Å². The molecule has 1 heterocycles. The number of amides is 1. The van der Waals surface area contributed by atoms with E-state index in [0.29, 0.717) is 12.8 Å². The minimum absolute atomic E-state index is 0.0467. The van der Waals surface area contributed by atoms with Gasteiger partial charge in [-0.05, 0) is 98.1 Å². The van der Waals surface area contributed by atoms with E-state index in [4.69, 9.17) is 18.4 Å². The number of hydrogen-bond donors (Lipinski definition) is 0. The lowest BCUT2D eigenvalue weighted by Crippen LogP contribution is -2.50. The number of esters is 1. The second-order valence-electron chi connectivity index (χ2n) is 12.2. The molecule has 0 radical (unpaired) electrons. The maximum atomic E-state index is 13.1. The van der Waals surface area contributed by atoms with E-state index in [1.165, 1.54) is 12.1 Å². The van der Waals surface area contributed by atoms with Crippen molar-refractivity contribution in [1.82, 2.24) is 4.90 Å². The predicted octanol–water partition coefficient (Wildman–Crippen LogP) is 5.73. The summed E-state index contributed by atoms with van der Waals surface area (Å²) in [6.07, 6.45) is 5.37. The lowest BCUT2D eigenvalue weighted by atomic mass is 9.95. The van der Waals surface area contributed by atoms with Crippen molar-refractivity contribution in [2.45, 2.75) is 121 Å². The Morgan fingerprint density at radius 3 is 2.36 bits per heavy atom. The normalized spacial score (nSPS) is 21.0. The molecule has 9 nitrogen and oxygen atoms in total. The van der Waals surface area contributed by atoms with E-state index in [0.717, 1.165) is 37.7 Å². The summed E-state index contributed by atoms with van der Waals surface area (Å²) in [5, 5.41) is 0. The van der Waals surface area contributed by atoms with Crippen LogP contribution in [0.15, 0.2) is 29.2 Å². The highest BCUT2D eigenvalue weighted by molar-refractivity contribution is 7.86. The first-order valence-corrected chi connectivity index (χ1v) is 15.4. The second kappa shape index (κ2) is 13.0. The Labute approximate surface area is 233 Å². The van der Waals surface area contributed by atoms with Gasteiger partial charge in [0.2, 0.25) is 0 Å². The Balaban J connectivity index is 1.72. The van der Waals surface area contributed by atoms with Gasteiger partial charge < -0.3 is 14.2 Å². The topological polar surface area (TPSA) is 108 Å². The van der Waals surface area contributed by atoms with Crippen molar-refractivity contribution in [3.05, 3.63) is 29.8 Å². The molecule has 2 fully saturated rings. The number of nitrogens with zero attached hydrogens (tertiary/aromatic N) is 1. The van der Waals surface area contributed by atoms with Crippen LogP contribution in [0.25, 0.3) is 0 Å². The average molecular weight is 568 g/mol. The van der Waals surface area contributed by atoms with Gasteiger partial charge in [0.15, 0.2) is 0 Å². The Bertz CT molecular complexity index is 1070. The van der Waals surface area contributed by atoms with Crippen LogP contribution in [0, 0.1) is 12.8 Å². The van der Waals surface area contributed by atoms with Crippen molar-refractivity contribution in [3.8, 4) is 0 Å². The van der Waals surface area contributed by atoms with Crippen LogP contribution in [0.5, 0.6) is 0 Å². The molecule has 0 aromatic heterocycles. The molecule has 2 atom stereocenters. The van der Waals surface area contributed by atoms with Crippen LogP contribution in [0.2, 0.25) is 0 Å². The molecule has 1 saturated carbocycles. The van der Waals surface area contributed by atoms with E-state index in [1.807, 2.05) is 6.92 Å². The van der Waals surface area contributed by atoms with Crippen molar-refractivity contribution < 1.29 is 36.4 Å². The lowest BCUT2D eigenvalue weighted by molar-refractivity contribution is -0.151. The molecule has 1 amide bonds. The average Bonchev–Trinajstić information content (AvgIpc) is 3.14. The summed E-state index contributed by atoms with van der Waals surface area (Å²) in [4.78, 5) is 27.4. The molecule has 2 aliphatic rings. The first-order valence-electron chi connectivity index (χ1n) is 14.0. The molecular weight excluding hydrogens is 522 g/mol. The van der Waals surface area contributed by atoms with Crippen LogP contribution in [0.1, 0.15) is 91.5 Å². The summed E-state index contributed by atoms with van der Waals surface area (Å²) in [7, 11) is -4.00. The van der Waals surface area contributed by atoms with Crippen LogP contribution >= 0.6 is 0 Å². The molecule has 2 unspecified atom stereocenters. The molecule has 1 saturated heterocycles. The van der Waals surface area contributed by atoms with Crippen molar-refractivity contribution in [2.24, 2.45) is 5.92 Å². The van der Waals surface area contributed by atoms with E-state index in [-0.39, 0.29) is 48.6 Å². The smallest absolute Gasteiger partial charge is 0.412 e. The zero-order valence-electron chi connectivity index (χ0n) is 24.2. The molecule has 0 N–H and O–H groups in total. The first-order chi connectivity index (χ1) is 18.2. The van der Waals surface area contributed by atoms with Crippen LogP contribution in [0.3, 0.4) is 0 Å². The highest BCUT2D eigenvalue weighted by Gasteiger charge is 2.46. The van der Waals surface area contributed by atoms with Crippen LogP contribution in [0.4, 0.5) is 4.79 Å². The molecule has 1 aromatic rings. The lowest BCUT2D eigenvalue weighted by Gasteiger charge is -2.36. The molecule has 1 aliphatic heterocycles. The highest BCUT2D eigenvalue weighted by atomic mass is 32.2. The number of ether oxygens (including phenoxy) is 3. The maximum absolute atomic E-state index is 13.1. The summed E-state index contributed by atoms with van der Waals surface area (Å²) in [6, 6.07) is 6.08. The van der Waals surface area contributed by atoms with E-state index >= 15 is 0 Å². The van der Waals surface area contributed by atoms with Crippen molar-refractivity contribution >= 4 is 22.2 Å². The number of rotatable bonds is 10.